The minimum Gasteiger partial charge on any atom is -0.392 e. The van der Waals surface area contributed by atoms with Gasteiger partial charge in [0.1, 0.15) is 0 Å². The van der Waals surface area contributed by atoms with Crippen LogP contribution in [0.2, 0.25) is 0 Å². The Bertz CT molecular complexity index is 302. The summed E-state index contributed by atoms with van der Waals surface area (Å²) in [6, 6.07) is 10.7. The molecule has 0 aliphatic carbocycles. The Kier molecular flexibility index (Phi) is 3.36. The van der Waals surface area contributed by atoms with Crippen molar-refractivity contribution in [1.29, 1.82) is 0 Å². The molecule has 0 amide bonds. The van der Waals surface area contributed by atoms with Gasteiger partial charge in [0.05, 0.1) is 6.10 Å². The van der Waals surface area contributed by atoms with Crippen molar-refractivity contribution in [3.63, 3.8) is 0 Å². The van der Waals surface area contributed by atoms with Gasteiger partial charge in [-0.2, -0.15) is 0 Å². The van der Waals surface area contributed by atoms with Gasteiger partial charge in [0.2, 0.25) is 0 Å². The van der Waals surface area contributed by atoms with E-state index < -0.39 is 0 Å². The lowest BCUT2D eigenvalue weighted by atomic mass is 10.2. The van der Waals surface area contributed by atoms with Gasteiger partial charge in [-0.25, -0.2) is 0 Å². The Balaban J connectivity index is 2.00. The van der Waals surface area contributed by atoms with Gasteiger partial charge in [-0.15, -0.1) is 0 Å². The minimum absolute atomic E-state index is 0.206. The molecule has 3 heteroatoms. The van der Waals surface area contributed by atoms with Crippen molar-refractivity contribution in [2.75, 3.05) is 13.1 Å². The van der Waals surface area contributed by atoms with Crippen LogP contribution in [0.3, 0.4) is 0 Å². The topological polar surface area (TPSA) is 49.5 Å². The number of hydrogen-bond donors (Lipinski definition) is 2. The molecule has 1 saturated heterocycles. The summed E-state index contributed by atoms with van der Waals surface area (Å²) in [6.45, 7) is 2.26. The normalized spacial score (nSPS) is 27.1. The van der Waals surface area contributed by atoms with Crippen molar-refractivity contribution < 1.29 is 5.11 Å². The second kappa shape index (κ2) is 4.75. The van der Waals surface area contributed by atoms with E-state index in [1.54, 1.807) is 0 Å². The van der Waals surface area contributed by atoms with E-state index in [-0.39, 0.29) is 6.10 Å². The fourth-order valence-corrected chi connectivity index (χ4v) is 2.21. The molecule has 0 aromatic heterocycles. The van der Waals surface area contributed by atoms with E-state index in [1.165, 1.54) is 5.56 Å². The molecule has 3 N–H and O–H groups in total. The molecule has 1 aliphatic rings. The van der Waals surface area contributed by atoms with Crippen molar-refractivity contribution in [2.45, 2.75) is 25.1 Å². The molecule has 1 aromatic rings. The smallest absolute Gasteiger partial charge is 0.0682 e. The third-order valence-corrected chi connectivity index (χ3v) is 3.01. The second-order valence-corrected chi connectivity index (χ2v) is 4.19. The second-order valence-electron chi connectivity index (χ2n) is 4.19. The van der Waals surface area contributed by atoms with Gasteiger partial charge in [0.25, 0.3) is 0 Å². The zero-order chi connectivity index (χ0) is 10.7. The molecule has 2 rings (SSSR count). The molecule has 0 radical (unpaired) electrons. The van der Waals surface area contributed by atoms with Crippen LogP contribution >= 0.6 is 0 Å². The van der Waals surface area contributed by atoms with E-state index in [0.29, 0.717) is 12.6 Å². The minimum atomic E-state index is -0.206. The summed E-state index contributed by atoms with van der Waals surface area (Å²) in [7, 11) is 0. The van der Waals surface area contributed by atoms with Crippen LogP contribution in [-0.2, 0) is 6.54 Å². The molecular weight excluding hydrogens is 188 g/mol. The van der Waals surface area contributed by atoms with E-state index in [0.717, 1.165) is 19.5 Å². The first kappa shape index (κ1) is 10.6. The number of aliphatic hydroxyl groups is 1. The highest BCUT2D eigenvalue weighted by molar-refractivity contribution is 5.15. The Morgan fingerprint density at radius 3 is 2.73 bits per heavy atom. The third-order valence-electron chi connectivity index (χ3n) is 3.01. The lowest BCUT2D eigenvalue weighted by molar-refractivity contribution is 0.173. The zero-order valence-corrected chi connectivity index (χ0v) is 8.84. The van der Waals surface area contributed by atoms with Gasteiger partial charge in [0, 0.05) is 25.7 Å². The van der Waals surface area contributed by atoms with Crippen molar-refractivity contribution >= 4 is 0 Å². The lowest BCUT2D eigenvalue weighted by Gasteiger charge is -2.22. The lowest BCUT2D eigenvalue weighted by Crippen LogP contribution is -2.34. The molecule has 0 bridgehead atoms. The summed E-state index contributed by atoms with van der Waals surface area (Å²) >= 11 is 0. The Hall–Kier alpha value is -0.900. The molecule has 3 nitrogen and oxygen atoms in total. The van der Waals surface area contributed by atoms with Crippen LogP contribution in [0.25, 0.3) is 0 Å². The SMILES string of the molecule is NC[C@@H]1C[C@H](O)CN1Cc1ccccc1. The maximum Gasteiger partial charge on any atom is 0.0682 e. The van der Waals surface area contributed by atoms with Crippen molar-refractivity contribution in [3.8, 4) is 0 Å². The van der Waals surface area contributed by atoms with Gasteiger partial charge in [-0.3, -0.25) is 4.90 Å². The summed E-state index contributed by atoms with van der Waals surface area (Å²) in [5, 5.41) is 9.58. The number of nitrogens with zero attached hydrogens (tertiary/aromatic N) is 1. The summed E-state index contributed by atoms with van der Waals surface area (Å²) in [5.41, 5.74) is 6.97. The Morgan fingerprint density at radius 1 is 1.33 bits per heavy atom. The van der Waals surface area contributed by atoms with Gasteiger partial charge in [0.15, 0.2) is 0 Å². The quantitative estimate of drug-likeness (QED) is 0.760. The molecule has 15 heavy (non-hydrogen) atoms. The van der Waals surface area contributed by atoms with Gasteiger partial charge in [-0.1, -0.05) is 30.3 Å². The average molecular weight is 206 g/mol. The highest BCUT2D eigenvalue weighted by atomic mass is 16.3. The van der Waals surface area contributed by atoms with E-state index in [4.69, 9.17) is 5.73 Å². The fourth-order valence-electron chi connectivity index (χ4n) is 2.21. The van der Waals surface area contributed by atoms with Gasteiger partial charge < -0.3 is 10.8 Å². The van der Waals surface area contributed by atoms with Crippen molar-refractivity contribution in [2.24, 2.45) is 5.73 Å². The molecule has 0 spiro atoms. The van der Waals surface area contributed by atoms with Crippen molar-refractivity contribution in [1.82, 2.24) is 4.90 Å². The largest absolute Gasteiger partial charge is 0.392 e. The number of rotatable bonds is 3. The highest BCUT2D eigenvalue weighted by Gasteiger charge is 2.29. The molecule has 82 valence electrons. The number of hydrogen-bond acceptors (Lipinski definition) is 3. The predicted octanol–water partition coefficient (Wildman–Crippen LogP) is 0.580. The summed E-state index contributed by atoms with van der Waals surface area (Å²) in [5.74, 6) is 0. The molecule has 1 aliphatic heterocycles. The Morgan fingerprint density at radius 2 is 2.07 bits per heavy atom. The molecule has 0 unspecified atom stereocenters. The molecule has 1 heterocycles. The van der Waals surface area contributed by atoms with Crippen LogP contribution in [0, 0.1) is 0 Å². The van der Waals surface area contributed by atoms with E-state index in [1.807, 2.05) is 18.2 Å². The first-order valence-corrected chi connectivity index (χ1v) is 5.45. The molecule has 1 aromatic carbocycles. The molecule has 0 saturated carbocycles. The van der Waals surface area contributed by atoms with E-state index in [9.17, 15) is 5.11 Å². The van der Waals surface area contributed by atoms with Gasteiger partial charge >= 0.3 is 0 Å². The first-order chi connectivity index (χ1) is 7.29. The predicted molar refractivity (Wildman–Crippen MR) is 60.3 cm³/mol. The molecular formula is C12H18N2O. The fraction of sp³-hybridized carbons (Fsp3) is 0.500. The summed E-state index contributed by atoms with van der Waals surface area (Å²) < 4.78 is 0. The number of likely N-dealkylation sites (tertiary alicyclic amines) is 1. The standard InChI is InChI=1S/C12H18N2O/c13-7-11-6-12(15)9-14(11)8-10-4-2-1-3-5-10/h1-5,11-12,15H,6-9,13H2/t11-,12-/m0/s1. The van der Waals surface area contributed by atoms with Crippen LogP contribution in [0.15, 0.2) is 30.3 Å². The maximum absolute atomic E-state index is 9.58. The van der Waals surface area contributed by atoms with Gasteiger partial charge in [-0.05, 0) is 12.0 Å². The third kappa shape index (κ3) is 2.56. The van der Waals surface area contributed by atoms with Crippen LogP contribution < -0.4 is 5.73 Å². The van der Waals surface area contributed by atoms with Crippen LogP contribution in [0.4, 0.5) is 0 Å². The van der Waals surface area contributed by atoms with Crippen LogP contribution in [0.1, 0.15) is 12.0 Å². The first-order valence-electron chi connectivity index (χ1n) is 5.45. The molecule has 1 fully saturated rings. The number of benzene rings is 1. The number of aliphatic hydroxyl groups excluding tert-OH is 1. The Labute approximate surface area is 90.5 Å². The number of β-amino-alcohol motifs (C(OH)–C–C–N with tert-alkyl or cyclic N) is 1. The van der Waals surface area contributed by atoms with E-state index in [2.05, 4.69) is 17.0 Å². The van der Waals surface area contributed by atoms with Crippen LogP contribution in [-0.4, -0.2) is 35.2 Å². The average Bonchev–Trinajstić information content (AvgIpc) is 2.60. The maximum atomic E-state index is 9.58. The van der Waals surface area contributed by atoms with Crippen molar-refractivity contribution in [3.05, 3.63) is 35.9 Å². The zero-order valence-electron chi connectivity index (χ0n) is 8.84. The highest BCUT2D eigenvalue weighted by Crippen LogP contribution is 2.19. The molecule has 2 atom stereocenters. The van der Waals surface area contributed by atoms with E-state index >= 15 is 0 Å². The monoisotopic (exact) mass is 206 g/mol. The summed E-state index contributed by atoms with van der Waals surface area (Å²) in [6.07, 6.45) is 0.603. The van der Waals surface area contributed by atoms with Crippen LogP contribution in [0.5, 0.6) is 0 Å². The number of nitrogens with two attached hydrogens (primary N) is 1. The summed E-state index contributed by atoms with van der Waals surface area (Å²) in [4.78, 5) is 2.26.